The van der Waals surface area contributed by atoms with Crippen molar-refractivity contribution >= 4 is 21.9 Å². The van der Waals surface area contributed by atoms with Gasteiger partial charge in [0, 0.05) is 16.5 Å². The number of rotatable bonds is 4. The number of benzene rings is 1. The van der Waals surface area contributed by atoms with Gasteiger partial charge in [-0.3, -0.25) is 9.69 Å². The minimum atomic E-state index is -0.161. The van der Waals surface area contributed by atoms with E-state index in [9.17, 15) is 4.79 Å². The molecule has 1 aromatic carbocycles. The van der Waals surface area contributed by atoms with Crippen LogP contribution in [0.5, 0.6) is 0 Å². The molecule has 0 unspecified atom stereocenters. The van der Waals surface area contributed by atoms with Crippen LogP contribution >= 0.6 is 15.9 Å². The highest BCUT2D eigenvalue weighted by atomic mass is 79.9. The first-order chi connectivity index (χ1) is 10.1. The molecule has 2 aromatic rings. The maximum atomic E-state index is 11.6. The summed E-state index contributed by atoms with van der Waals surface area (Å²) in [6.45, 7) is 1.10. The van der Waals surface area contributed by atoms with E-state index in [0.717, 1.165) is 28.0 Å². The second-order valence-electron chi connectivity index (χ2n) is 5.16. The second kappa shape index (κ2) is 6.03. The van der Waals surface area contributed by atoms with Crippen LogP contribution in [0.4, 0.5) is 0 Å². The Balaban J connectivity index is 1.70. The Morgan fingerprint density at radius 3 is 2.67 bits per heavy atom. The van der Waals surface area contributed by atoms with Gasteiger partial charge < -0.3 is 9.15 Å². The highest BCUT2D eigenvalue weighted by molar-refractivity contribution is 9.10. The van der Waals surface area contributed by atoms with Crippen molar-refractivity contribution < 1.29 is 13.9 Å². The third-order valence-corrected chi connectivity index (χ3v) is 4.16. The normalized spacial score (nSPS) is 18.2. The zero-order valence-electron chi connectivity index (χ0n) is 11.7. The lowest BCUT2D eigenvalue weighted by molar-refractivity contribution is -0.142. The third kappa shape index (κ3) is 3.19. The van der Waals surface area contributed by atoms with Crippen LogP contribution < -0.4 is 0 Å². The van der Waals surface area contributed by atoms with E-state index < -0.39 is 0 Å². The fraction of sp³-hybridized carbons (Fsp3) is 0.312. The number of carbonyl (C=O) groups excluding carboxylic acids is 1. The van der Waals surface area contributed by atoms with E-state index in [1.165, 1.54) is 0 Å². The Kier molecular flexibility index (Phi) is 4.12. The van der Waals surface area contributed by atoms with Gasteiger partial charge in [-0.15, -0.1) is 0 Å². The van der Waals surface area contributed by atoms with Crippen molar-refractivity contribution in [2.24, 2.45) is 0 Å². The molecule has 5 heteroatoms. The van der Waals surface area contributed by atoms with Gasteiger partial charge in [0.25, 0.3) is 0 Å². The minimum Gasteiger partial charge on any atom is -0.464 e. The summed E-state index contributed by atoms with van der Waals surface area (Å²) in [6.07, 6.45) is 0.746. The average Bonchev–Trinajstić information content (AvgIpc) is 3.09. The summed E-state index contributed by atoms with van der Waals surface area (Å²) in [5.41, 5.74) is 1.03. The number of carbonyl (C=O) groups is 1. The Bertz CT molecular complexity index is 635. The molecule has 0 spiro atoms. The summed E-state index contributed by atoms with van der Waals surface area (Å²) in [6, 6.07) is 11.7. The second-order valence-corrected chi connectivity index (χ2v) is 6.08. The van der Waals surface area contributed by atoms with E-state index >= 15 is 0 Å². The highest BCUT2D eigenvalue weighted by Crippen LogP contribution is 2.25. The van der Waals surface area contributed by atoms with Gasteiger partial charge in [0.05, 0.1) is 13.2 Å². The van der Waals surface area contributed by atoms with Crippen molar-refractivity contribution in [1.82, 2.24) is 4.90 Å². The average molecular weight is 350 g/mol. The highest BCUT2D eigenvalue weighted by Gasteiger charge is 2.30. The molecule has 110 valence electrons. The SMILES string of the molecule is CN(Cc1ccc(-c2ccc(Br)cc2)o1)[C@H]1CCOC1=O. The number of hydrogen-bond acceptors (Lipinski definition) is 4. The molecule has 0 radical (unpaired) electrons. The first-order valence-electron chi connectivity index (χ1n) is 6.85. The van der Waals surface area contributed by atoms with E-state index in [1.54, 1.807) is 0 Å². The van der Waals surface area contributed by atoms with Crippen LogP contribution in [0.25, 0.3) is 11.3 Å². The van der Waals surface area contributed by atoms with Crippen molar-refractivity contribution in [2.75, 3.05) is 13.7 Å². The lowest BCUT2D eigenvalue weighted by atomic mass is 10.2. The number of ether oxygens (including phenoxy) is 1. The van der Waals surface area contributed by atoms with Crippen LogP contribution in [-0.2, 0) is 16.1 Å². The zero-order chi connectivity index (χ0) is 14.8. The van der Waals surface area contributed by atoms with Crippen LogP contribution in [0.1, 0.15) is 12.2 Å². The first-order valence-corrected chi connectivity index (χ1v) is 7.64. The van der Waals surface area contributed by atoms with E-state index in [1.807, 2.05) is 48.3 Å². The number of hydrogen-bond donors (Lipinski definition) is 0. The molecule has 1 aliphatic rings. The molecular formula is C16H16BrNO3. The molecule has 0 saturated carbocycles. The molecule has 3 rings (SSSR count). The number of esters is 1. The van der Waals surface area contributed by atoms with Crippen LogP contribution in [0.15, 0.2) is 45.3 Å². The Morgan fingerprint density at radius 2 is 2.00 bits per heavy atom. The van der Waals surface area contributed by atoms with Crippen LogP contribution in [0.3, 0.4) is 0 Å². The van der Waals surface area contributed by atoms with Gasteiger partial charge in [-0.05, 0) is 31.3 Å². The lowest BCUT2D eigenvalue weighted by Crippen LogP contribution is -2.34. The topological polar surface area (TPSA) is 42.7 Å². The Labute approximate surface area is 131 Å². The molecular weight excluding hydrogens is 334 g/mol. The van der Waals surface area contributed by atoms with E-state index in [4.69, 9.17) is 9.15 Å². The summed E-state index contributed by atoms with van der Waals surface area (Å²) >= 11 is 3.42. The Morgan fingerprint density at radius 1 is 1.24 bits per heavy atom. The van der Waals surface area contributed by atoms with Crippen LogP contribution in [0.2, 0.25) is 0 Å². The summed E-state index contributed by atoms with van der Waals surface area (Å²) in [4.78, 5) is 13.5. The molecule has 1 saturated heterocycles. The third-order valence-electron chi connectivity index (χ3n) is 3.64. The van der Waals surface area contributed by atoms with E-state index in [2.05, 4.69) is 15.9 Å². The number of halogens is 1. The molecule has 2 heterocycles. The molecule has 4 nitrogen and oxygen atoms in total. The fourth-order valence-corrected chi connectivity index (χ4v) is 2.74. The summed E-state index contributed by atoms with van der Waals surface area (Å²) in [5, 5.41) is 0. The quantitative estimate of drug-likeness (QED) is 0.792. The summed E-state index contributed by atoms with van der Waals surface area (Å²) in [7, 11) is 1.92. The maximum Gasteiger partial charge on any atom is 0.323 e. The van der Waals surface area contributed by atoms with Gasteiger partial charge in [0.1, 0.15) is 17.6 Å². The summed E-state index contributed by atoms with van der Waals surface area (Å²) in [5.74, 6) is 1.53. The Hall–Kier alpha value is -1.59. The number of furan rings is 1. The van der Waals surface area contributed by atoms with Gasteiger partial charge in [-0.25, -0.2) is 0 Å². The van der Waals surface area contributed by atoms with Crippen LogP contribution in [0, 0.1) is 0 Å². The minimum absolute atomic E-state index is 0.141. The van der Waals surface area contributed by atoms with Gasteiger partial charge in [-0.2, -0.15) is 0 Å². The van der Waals surface area contributed by atoms with Crippen molar-refractivity contribution in [1.29, 1.82) is 0 Å². The number of likely N-dealkylation sites (N-methyl/N-ethyl adjacent to an activating group) is 1. The molecule has 0 aliphatic carbocycles. The van der Waals surface area contributed by atoms with E-state index in [0.29, 0.717) is 13.2 Å². The zero-order valence-corrected chi connectivity index (χ0v) is 13.3. The van der Waals surface area contributed by atoms with Crippen molar-refractivity contribution in [3.05, 3.63) is 46.6 Å². The molecule has 0 N–H and O–H groups in total. The van der Waals surface area contributed by atoms with Gasteiger partial charge >= 0.3 is 5.97 Å². The van der Waals surface area contributed by atoms with Crippen molar-refractivity contribution in [3.8, 4) is 11.3 Å². The molecule has 1 fully saturated rings. The van der Waals surface area contributed by atoms with Gasteiger partial charge in [0.2, 0.25) is 0 Å². The molecule has 1 aromatic heterocycles. The lowest BCUT2D eigenvalue weighted by Gasteiger charge is -2.19. The molecule has 0 amide bonds. The molecule has 0 bridgehead atoms. The van der Waals surface area contributed by atoms with Crippen LogP contribution in [-0.4, -0.2) is 30.6 Å². The monoisotopic (exact) mass is 349 g/mol. The van der Waals surface area contributed by atoms with Crippen molar-refractivity contribution in [2.45, 2.75) is 19.0 Å². The van der Waals surface area contributed by atoms with E-state index in [-0.39, 0.29) is 12.0 Å². The predicted molar refractivity (Wildman–Crippen MR) is 82.7 cm³/mol. The fourth-order valence-electron chi connectivity index (χ4n) is 2.47. The van der Waals surface area contributed by atoms with Gasteiger partial charge in [-0.1, -0.05) is 28.1 Å². The molecule has 21 heavy (non-hydrogen) atoms. The molecule has 1 atom stereocenters. The summed E-state index contributed by atoms with van der Waals surface area (Å²) < 4.78 is 11.9. The van der Waals surface area contributed by atoms with Gasteiger partial charge in [0.15, 0.2) is 0 Å². The maximum absolute atomic E-state index is 11.6. The largest absolute Gasteiger partial charge is 0.464 e. The standard InChI is InChI=1S/C16H16BrNO3/c1-18(14-8-9-20-16(14)19)10-13-6-7-15(21-13)11-2-4-12(17)5-3-11/h2-7,14H,8-10H2,1H3/t14-/m0/s1. The predicted octanol–water partition coefficient (Wildman–Crippen LogP) is 3.46. The smallest absolute Gasteiger partial charge is 0.323 e. The van der Waals surface area contributed by atoms with Crippen molar-refractivity contribution in [3.63, 3.8) is 0 Å². The number of cyclic esters (lactones) is 1. The molecule has 1 aliphatic heterocycles. The number of nitrogens with zero attached hydrogens (tertiary/aromatic N) is 1. The first kappa shape index (κ1) is 14.4.